The first-order valence-corrected chi connectivity index (χ1v) is 7.93. The van der Waals surface area contributed by atoms with Gasteiger partial charge in [-0.25, -0.2) is 4.98 Å². The number of aliphatic hydroxyl groups is 1. The molecule has 0 saturated carbocycles. The lowest BCUT2D eigenvalue weighted by molar-refractivity contribution is 0.0536. The van der Waals surface area contributed by atoms with Crippen LogP contribution in [0.15, 0.2) is 42.9 Å². The van der Waals surface area contributed by atoms with Gasteiger partial charge < -0.3 is 14.6 Å². The van der Waals surface area contributed by atoms with Gasteiger partial charge in [0, 0.05) is 36.3 Å². The topological polar surface area (TPSA) is 71.2 Å². The molecule has 1 unspecified atom stereocenters. The second kappa shape index (κ2) is 5.72. The van der Waals surface area contributed by atoms with E-state index in [0.717, 1.165) is 22.3 Å². The number of benzene rings is 1. The van der Waals surface area contributed by atoms with Gasteiger partial charge in [0.25, 0.3) is 5.91 Å². The van der Waals surface area contributed by atoms with Crippen molar-refractivity contribution in [2.24, 2.45) is 7.05 Å². The summed E-state index contributed by atoms with van der Waals surface area (Å²) in [6.45, 7) is 0.358. The highest BCUT2D eigenvalue weighted by atomic mass is 16.3. The average molecular weight is 322 g/mol. The average Bonchev–Trinajstić information content (AvgIpc) is 2.99. The third-order valence-electron chi connectivity index (χ3n) is 4.66. The lowest BCUT2D eigenvalue weighted by Gasteiger charge is -2.34. The third-order valence-corrected chi connectivity index (χ3v) is 4.66. The fourth-order valence-corrected chi connectivity index (χ4v) is 3.30. The molecule has 122 valence electrons. The predicted molar refractivity (Wildman–Crippen MR) is 89.4 cm³/mol. The van der Waals surface area contributed by atoms with Gasteiger partial charge in [-0.3, -0.25) is 9.78 Å². The molecule has 0 spiro atoms. The molecule has 0 saturated heterocycles. The number of imidazole rings is 1. The van der Waals surface area contributed by atoms with Crippen molar-refractivity contribution in [1.82, 2.24) is 19.4 Å². The van der Waals surface area contributed by atoms with Crippen LogP contribution in [0.2, 0.25) is 0 Å². The monoisotopic (exact) mass is 322 g/mol. The highest BCUT2D eigenvalue weighted by molar-refractivity contribution is 5.98. The summed E-state index contributed by atoms with van der Waals surface area (Å²) >= 11 is 0. The minimum Gasteiger partial charge on any atom is -0.394 e. The van der Waals surface area contributed by atoms with Crippen LogP contribution < -0.4 is 0 Å². The Morgan fingerprint density at radius 2 is 2.21 bits per heavy atom. The highest BCUT2D eigenvalue weighted by Gasteiger charge is 2.32. The van der Waals surface area contributed by atoms with E-state index in [1.165, 1.54) is 0 Å². The number of amides is 1. The number of hydrogen-bond acceptors (Lipinski definition) is 4. The molecule has 3 aromatic rings. The van der Waals surface area contributed by atoms with Crippen molar-refractivity contribution in [3.05, 3.63) is 59.8 Å². The second-order valence-corrected chi connectivity index (χ2v) is 6.13. The van der Waals surface area contributed by atoms with E-state index in [9.17, 15) is 9.90 Å². The van der Waals surface area contributed by atoms with Gasteiger partial charge in [0.05, 0.1) is 36.7 Å². The van der Waals surface area contributed by atoms with Crippen LogP contribution in [0.3, 0.4) is 0 Å². The normalized spacial score (nSPS) is 17.1. The van der Waals surface area contributed by atoms with Crippen molar-refractivity contribution >= 4 is 16.8 Å². The molecule has 4 rings (SSSR count). The molecular formula is C18H18N4O2. The number of fused-ring (bicyclic) bond motifs is 2. The van der Waals surface area contributed by atoms with Crippen molar-refractivity contribution in [3.8, 4) is 0 Å². The Hall–Kier alpha value is -2.73. The number of carbonyl (C=O) groups is 1. The third kappa shape index (κ3) is 2.35. The Bertz CT molecular complexity index is 918. The largest absolute Gasteiger partial charge is 0.394 e. The molecular weight excluding hydrogens is 304 g/mol. The van der Waals surface area contributed by atoms with Crippen LogP contribution >= 0.6 is 0 Å². The van der Waals surface area contributed by atoms with Gasteiger partial charge >= 0.3 is 0 Å². The molecule has 0 bridgehead atoms. The van der Waals surface area contributed by atoms with Gasteiger partial charge in [-0.15, -0.1) is 0 Å². The number of hydrogen-bond donors (Lipinski definition) is 1. The van der Waals surface area contributed by atoms with Gasteiger partial charge in [0.1, 0.15) is 0 Å². The molecule has 6 nitrogen and oxygen atoms in total. The lowest BCUT2D eigenvalue weighted by Crippen LogP contribution is -2.46. The number of aromatic nitrogens is 3. The second-order valence-electron chi connectivity index (χ2n) is 6.13. The molecule has 1 aliphatic rings. The molecule has 0 radical (unpaired) electrons. The lowest BCUT2D eigenvalue weighted by atomic mass is 10.0. The van der Waals surface area contributed by atoms with Crippen LogP contribution in [-0.2, 0) is 20.0 Å². The molecule has 0 aliphatic carbocycles. The number of nitrogens with zero attached hydrogens (tertiary/aromatic N) is 4. The number of rotatable bonds is 2. The zero-order valence-corrected chi connectivity index (χ0v) is 13.4. The number of aryl methyl sites for hydroxylation is 1. The predicted octanol–water partition coefficient (Wildman–Crippen LogP) is 1.53. The van der Waals surface area contributed by atoms with Crippen LogP contribution in [-0.4, -0.2) is 43.1 Å². The molecule has 1 atom stereocenters. The van der Waals surface area contributed by atoms with E-state index < -0.39 is 0 Å². The molecule has 1 aliphatic heterocycles. The van der Waals surface area contributed by atoms with Gasteiger partial charge in [-0.1, -0.05) is 6.07 Å². The fourth-order valence-electron chi connectivity index (χ4n) is 3.30. The van der Waals surface area contributed by atoms with Crippen molar-refractivity contribution < 1.29 is 9.90 Å². The molecule has 0 fully saturated rings. The Morgan fingerprint density at radius 3 is 3.04 bits per heavy atom. The van der Waals surface area contributed by atoms with E-state index in [2.05, 4.69) is 9.97 Å². The zero-order chi connectivity index (χ0) is 16.7. The zero-order valence-electron chi connectivity index (χ0n) is 13.4. The fraction of sp³-hybridized carbons (Fsp3) is 0.278. The Morgan fingerprint density at radius 1 is 1.33 bits per heavy atom. The Labute approximate surface area is 139 Å². The Kier molecular flexibility index (Phi) is 3.54. The standard InChI is InChI=1S/C18H18N4O2/c1-21-11-20-16-9-22(14(10-23)8-17(16)21)18(24)13-4-5-15-12(7-13)3-2-6-19-15/h2-7,11,14,23H,8-10H2,1H3. The van der Waals surface area contributed by atoms with Crippen LogP contribution in [0.25, 0.3) is 10.9 Å². The van der Waals surface area contributed by atoms with E-state index in [4.69, 9.17) is 0 Å². The van der Waals surface area contributed by atoms with Crippen LogP contribution in [0, 0.1) is 0 Å². The maximum Gasteiger partial charge on any atom is 0.254 e. The summed E-state index contributed by atoms with van der Waals surface area (Å²) in [6.07, 6.45) is 4.11. The van der Waals surface area contributed by atoms with Crippen molar-refractivity contribution in [3.63, 3.8) is 0 Å². The first-order chi connectivity index (χ1) is 11.7. The minimum absolute atomic E-state index is 0.0640. The van der Waals surface area contributed by atoms with E-state index in [0.29, 0.717) is 18.5 Å². The summed E-state index contributed by atoms with van der Waals surface area (Å²) in [6, 6.07) is 9.06. The molecule has 1 N–H and O–H groups in total. The SMILES string of the molecule is Cn1cnc2c1CC(CO)N(C(=O)c1ccc3ncccc3c1)C2. The van der Waals surface area contributed by atoms with Crippen LogP contribution in [0.1, 0.15) is 21.7 Å². The summed E-state index contributed by atoms with van der Waals surface area (Å²) in [5.74, 6) is -0.0869. The van der Waals surface area contributed by atoms with Gasteiger partial charge in [0.15, 0.2) is 0 Å². The Balaban J connectivity index is 1.69. The summed E-state index contributed by atoms with van der Waals surface area (Å²) in [5.41, 5.74) is 3.45. The van der Waals surface area contributed by atoms with E-state index >= 15 is 0 Å². The maximum absolute atomic E-state index is 13.0. The molecule has 24 heavy (non-hydrogen) atoms. The minimum atomic E-state index is -0.231. The number of aliphatic hydroxyl groups excluding tert-OH is 1. The molecule has 1 aromatic carbocycles. The molecule has 1 amide bonds. The van der Waals surface area contributed by atoms with Crippen LogP contribution in [0.5, 0.6) is 0 Å². The molecule has 3 heterocycles. The summed E-state index contributed by atoms with van der Waals surface area (Å²) < 4.78 is 1.96. The smallest absolute Gasteiger partial charge is 0.254 e. The maximum atomic E-state index is 13.0. The molecule has 2 aromatic heterocycles. The van der Waals surface area contributed by atoms with Crippen molar-refractivity contribution in [2.75, 3.05) is 6.61 Å². The van der Waals surface area contributed by atoms with Crippen molar-refractivity contribution in [2.45, 2.75) is 19.0 Å². The number of carbonyl (C=O) groups excluding carboxylic acids is 1. The van der Waals surface area contributed by atoms with E-state index in [1.54, 1.807) is 23.5 Å². The molecule has 6 heteroatoms. The summed E-state index contributed by atoms with van der Waals surface area (Å²) in [5, 5.41) is 10.7. The quantitative estimate of drug-likeness (QED) is 0.777. The van der Waals surface area contributed by atoms with Crippen LogP contribution in [0.4, 0.5) is 0 Å². The van der Waals surface area contributed by atoms with Gasteiger partial charge in [0.2, 0.25) is 0 Å². The van der Waals surface area contributed by atoms with Crippen molar-refractivity contribution in [1.29, 1.82) is 0 Å². The van der Waals surface area contributed by atoms with Gasteiger partial charge in [-0.2, -0.15) is 0 Å². The van der Waals surface area contributed by atoms with E-state index in [-0.39, 0.29) is 18.6 Å². The number of pyridine rings is 1. The first kappa shape index (κ1) is 14.8. The van der Waals surface area contributed by atoms with Gasteiger partial charge in [-0.05, 0) is 24.3 Å². The summed E-state index contributed by atoms with van der Waals surface area (Å²) in [7, 11) is 1.94. The van der Waals surface area contributed by atoms with E-state index in [1.807, 2.05) is 35.9 Å². The first-order valence-electron chi connectivity index (χ1n) is 7.93. The summed E-state index contributed by atoms with van der Waals surface area (Å²) in [4.78, 5) is 23.4. The highest BCUT2D eigenvalue weighted by Crippen LogP contribution is 2.24.